The maximum atomic E-state index is 11.0. The maximum absolute atomic E-state index is 11.0. The maximum Gasteiger partial charge on any atom is 0.219 e. The van der Waals surface area contributed by atoms with Crippen molar-refractivity contribution in [1.82, 2.24) is 10.3 Å². The van der Waals surface area contributed by atoms with Gasteiger partial charge < -0.3 is 10.1 Å². The van der Waals surface area contributed by atoms with Crippen molar-refractivity contribution in [3.05, 3.63) is 58.3 Å². The predicted molar refractivity (Wildman–Crippen MR) is 107 cm³/mol. The highest BCUT2D eigenvalue weighted by atomic mass is 35.5. The molecule has 0 saturated carbocycles. The lowest BCUT2D eigenvalue weighted by molar-refractivity contribution is -0.119. The number of nitrogens with zero attached hydrogens (tertiary/aromatic N) is 1. The lowest BCUT2D eigenvalue weighted by Crippen LogP contribution is -2.28. The fourth-order valence-electron chi connectivity index (χ4n) is 2.60. The fourth-order valence-corrected chi connectivity index (χ4v) is 2.86. The lowest BCUT2D eigenvalue weighted by Gasteiger charge is -2.11. The van der Waals surface area contributed by atoms with Crippen molar-refractivity contribution in [3.8, 4) is 11.6 Å². The van der Waals surface area contributed by atoms with Crippen LogP contribution in [0.1, 0.15) is 43.9 Å². The first-order valence-corrected chi connectivity index (χ1v) is 9.15. The third kappa shape index (κ3) is 5.88. The molecule has 26 heavy (non-hydrogen) atoms. The van der Waals surface area contributed by atoms with Crippen molar-refractivity contribution in [2.75, 3.05) is 0 Å². The van der Waals surface area contributed by atoms with E-state index in [2.05, 4.69) is 24.1 Å². The van der Waals surface area contributed by atoms with Crippen molar-refractivity contribution in [2.45, 2.75) is 46.6 Å². The number of aromatic nitrogens is 1. The normalized spacial score (nSPS) is 12.2. The van der Waals surface area contributed by atoms with Crippen molar-refractivity contribution in [3.63, 3.8) is 0 Å². The molecular formula is C21H25ClN2O2. The SMILES string of the molecule is CCCc1cc(Oc2ccc(/C=C/[C@H](C)NC(C)=O)cn2)c(Cl)cc1C. The number of rotatable bonds is 7. The topological polar surface area (TPSA) is 51.2 Å². The fraction of sp³-hybridized carbons (Fsp3) is 0.333. The van der Waals surface area contributed by atoms with Gasteiger partial charge in [-0.15, -0.1) is 0 Å². The second-order valence-corrected chi connectivity index (χ2v) is 6.75. The molecule has 138 valence electrons. The summed E-state index contributed by atoms with van der Waals surface area (Å²) >= 11 is 6.31. The Morgan fingerprint density at radius 3 is 2.77 bits per heavy atom. The van der Waals surface area contributed by atoms with Gasteiger partial charge in [-0.3, -0.25) is 4.79 Å². The Bertz CT molecular complexity index is 785. The highest BCUT2D eigenvalue weighted by Crippen LogP contribution is 2.32. The number of hydrogen-bond acceptors (Lipinski definition) is 3. The summed E-state index contributed by atoms with van der Waals surface area (Å²) in [6.45, 7) is 7.62. The van der Waals surface area contributed by atoms with Crippen LogP contribution in [-0.4, -0.2) is 16.9 Å². The Balaban J connectivity index is 2.08. The molecule has 2 aromatic rings. The van der Waals surface area contributed by atoms with Gasteiger partial charge in [0.2, 0.25) is 11.8 Å². The molecule has 1 atom stereocenters. The molecule has 0 unspecified atom stereocenters. The van der Waals surface area contributed by atoms with E-state index in [1.807, 2.05) is 37.3 Å². The molecule has 0 aliphatic carbocycles. The van der Waals surface area contributed by atoms with E-state index >= 15 is 0 Å². The minimum atomic E-state index is -0.0542. The third-order valence-electron chi connectivity index (χ3n) is 3.89. The Hall–Kier alpha value is -2.33. The molecule has 1 N–H and O–H groups in total. The van der Waals surface area contributed by atoms with Crippen LogP contribution in [0.5, 0.6) is 11.6 Å². The first-order valence-electron chi connectivity index (χ1n) is 8.77. The van der Waals surface area contributed by atoms with Gasteiger partial charge in [-0.05, 0) is 55.2 Å². The monoisotopic (exact) mass is 372 g/mol. The largest absolute Gasteiger partial charge is 0.437 e. The van der Waals surface area contributed by atoms with Crippen LogP contribution in [0.4, 0.5) is 0 Å². The Labute approximate surface area is 160 Å². The average molecular weight is 373 g/mol. The number of aryl methyl sites for hydroxylation is 2. The number of nitrogens with one attached hydrogen (secondary N) is 1. The van der Waals surface area contributed by atoms with Crippen LogP contribution in [0.3, 0.4) is 0 Å². The highest BCUT2D eigenvalue weighted by molar-refractivity contribution is 6.32. The molecule has 0 bridgehead atoms. The van der Waals surface area contributed by atoms with E-state index < -0.39 is 0 Å². The van der Waals surface area contributed by atoms with Crippen LogP contribution in [0.2, 0.25) is 5.02 Å². The van der Waals surface area contributed by atoms with Crippen LogP contribution >= 0.6 is 11.6 Å². The van der Waals surface area contributed by atoms with Gasteiger partial charge in [0.25, 0.3) is 0 Å². The summed E-state index contributed by atoms with van der Waals surface area (Å²) in [4.78, 5) is 15.3. The summed E-state index contributed by atoms with van der Waals surface area (Å²) in [6, 6.07) is 7.60. The molecule has 0 fully saturated rings. The number of pyridine rings is 1. The zero-order chi connectivity index (χ0) is 19.1. The number of carbonyl (C=O) groups is 1. The molecule has 0 saturated heterocycles. The zero-order valence-electron chi connectivity index (χ0n) is 15.7. The van der Waals surface area contributed by atoms with Crippen molar-refractivity contribution >= 4 is 23.6 Å². The molecule has 1 amide bonds. The summed E-state index contributed by atoms with van der Waals surface area (Å²) < 4.78 is 5.86. The van der Waals surface area contributed by atoms with Crippen LogP contribution < -0.4 is 10.1 Å². The molecule has 2 rings (SSSR count). The minimum Gasteiger partial charge on any atom is -0.437 e. The van der Waals surface area contributed by atoms with Crippen LogP contribution in [0.25, 0.3) is 6.08 Å². The van der Waals surface area contributed by atoms with Gasteiger partial charge in [0.15, 0.2) is 0 Å². The van der Waals surface area contributed by atoms with E-state index in [0.717, 1.165) is 18.4 Å². The molecule has 4 nitrogen and oxygen atoms in total. The summed E-state index contributed by atoms with van der Waals surface area (Å²) in [5.74, 6) is 1.06. The second kappa shape index (κ2) is 9.39. The molecule has 1 aromatic heterocycles. The number of ether oxygens (including phenoxy) is 1. The van der Waals surface area contributed by atoms with Gasteiger partial charge in [-0.1, -0.05) is 37.1 Å². The average Bonchev–Trinajstić information content (AvgIpc) is 2.58. The summed E-state index contributed by atoms with van der Waals surface area (Å²) in [5.41, 5.74) is 3.33. The van der Waals surface area contributed by atoms with Crippen molar-refractivity contribution < 1.29 is 9.53 Å². The van der Waals surface area contributed by atoms with Gasteiger partial charge in [0.1, 0.15) is 5.75 Å². The Kier molecular flexibility index (Phi) is 7.22. The Morgan fingerprint density at radius 2 is 2.15 bits per heavy atom. The van der Waals surface area contributed by atoms with Gasteiger partial charge in [-0.2, -0.15) is 0 Å². The number of carbonyl (C=O) groups excluding carboxylic acids is 1. The smallest absolute Gasteiger partial charge is 0.219 e. The molecular weight excluding hydrogens is 348 g/mol. The van der Waals surface area contributed by atoms with Crippen molar-refractivity contribution in [2.24, 2.45) is 0 Å². The van der Waals surface area contributed by atoms with Gasteiger partial charge >= 0.3 is 0 Å². The number of benzene rings is 1. The molecule has 1 heterocycles. The minimum absolute atomic E-state index is 0.0354. The standard InChI is InChI=1S/C21H25ClN2O2/c1-5-6-18-12-20(19(22)11-14(18)2)26-21-10-9-17(13-23-21)8-7-15(3)24-16(4)25/h7-13,15H,5-6H2,1-4H3,(H,24,25)/b8-7+/t15-/m0/s1. The first-order chi connectivity index (χ1) is 12.4. The van der Waals surface area contributed by atoms with E-state index in [9.17, 15) is 4.79 Å². The molecule has 0 radical (unpaired) electrons. The van der Waals surface area contributed by atoms with Crippen LogP contribution in [0.15, 0.2) is 36.5 Å². The number of amides is 1. The van der Waals surface area contributed by atoms with Crippen LogP contribution in [0, 0.1) is 6.92 Å². The van der Waals surface area contributed by atoms with E-state index in [0.29, 0.717) is 16.7 Å². The zero-order valence-corrected chi connectivity index (χ0v) is 16.4. The third-order valence-corrected chi connectivity index (χ3v) is 4.19. The molecule has 0 aliphatic rings. The van der Waals surface area contributed by atoms with Gasteiger partial charge in [0, 0.05) is 25.2 Å². The quantitative estimate of drug-likeness (QED) is 0.715. The predicted octanol–water partition coefficient (Wildman–Crippen LogP) is 5.33. The highest BCUT2D eigenvalue weighted by Gasteiger charge is 2.09. The van der Waals surface area contributed by atoms with Gasteiger partial charge in [-0.25, -0.2) is 4.98 Å². The lowest BCUT2D eigenvalue weighted by atomic mass is 10.0. The molecule has 0 spiro atoms. The van der Waals surface area contributed by atoms with E-state index in [-0.39, 0.29) is 11.9 Å². The Morgan fingerprint density at radius 1 is 1.38 bits per heavy atom. The summed E-state index contributed by atoms with van der Waals surface area (Å²) in [5, 5.41) is 3.38. The first kappa shape index (κ1) is 20.0. The molecule has 5 heteroatoms. The van der Waals surface area contributed by atoms with E-state index in [4.69, 9.17) is 16.3 Å². The molecule has 1 aromatic carbocycles. The summed E-state index contributed by atoms with van der Waals surface area (Å²) in [6.07, 6.45) is 7.60. The summed E-state index contributed by atoms with van der Waals surface area (Å²) in [7, 11) is 0. The molecule has 0 aliphatic heterocycles. The number of hydrogen-bond donors (Lipinski definition) is 1. The van der Waals surface area contributed by atoms with Gasteiger partial charge in [0.05, 0.1) is 5.02 Å². The van der Waals surface area contributed by atoms with Crippen LogP contribution in [-0.2, 0) is 11.2 Å². The van der Waals surface area contributed by atoms with Crippen molar-refractivity contribution in [1.29, 1.82) is 0 Å². The van der Waals surface area contributed by atoms with E-state index in [1.165, 1.54) is 18.1 Å². The second-order valence-electron chi connectivity index (χ2n) is 6.34. The van der Waals surface area contributed by atoms with E-state index in [1.54, 1.807) is 12.3 Å². The number of halogens is 1.